The number of aliphatic hydroxyl groups excluding tert-OH is 1. The normalized spacial score (nSPS) is 50.2. The smallest absolute Gasteiger partial charge is 0.0608 e. The van der Waals surface area contributed by atoms with E-state index in [4.69, 9.17) is 4.74 Å². The summed E-state index contributed by atoms with van der Waals surface area (Å²) in [5.74, 6) is 2.37. The maximum atomic E-state index is 10.9. The summed E-state index contributed by atoms with van der Waals surface area (Å²) in [6, 6.07) is 0. The number of fused-ring (bicyclic) bond motifs is 5. The highest BCUT2D eigenvalue weighted by Gasteiger charge is 2.64. The lowest BCUT2D eigenvalue weighted by molar-refractivity contribution is -0.115. The van der Waals surface area contributed by atoms with Crippen molar-refractivity contribution in [1.29, 1.82) is 0 Å². The molecule has 152 valence electrons. The third kappa shape index (κ3) is 2.58. The molecule has 4 rings (SSSR count). The molecule has 2 heteroatoms. The van der Waals surface area contributed by atoms with Gasteiger partial charge in [0.25, 0.3) is 0 Å². The molecular weight excluding hydrogens is 332 g/mol. The molecule has 0 bridgehead atoms. The van der Waals surface area contributed by atoms with E-state index in [1.807, 2.05) is 14.0 Å². The molecule has 4 aliphatic carbocycles. The molecule has 3 fully saturated rings. The van der Waals surface area contributed by atoms with Crippen molar-refractivity contribution in [2.75, 3.05) is 7.11 Å². The highest BCUT2D eigenvalue weighted by molar-refractivity contribution is 5.26. The first-order valence-electron chi connectivity index (χ1n) is 11.3. The van der Waals surface area contributed by atoms with Gasteiger partial charge in [-0.1, -0.05) is 31.6 Å². The van der Waals surface area contributed by atoms with E-state index in [2.05, 4.69) is 32.6 Å². The van der Waals surface area contributed by atoms with Gasteiger partial charge in [0.2, 0.25) is 0 Å². The highest BCUT2D eigenvalue weighted by atomic mass is 16.5. The Kier molecular flexibility index (Phi) is 4.91. The number of aliphatic hydroxyl groups is 1. The molecule has 27 heavy (non-hydrogen) atoms. The summed E-state index contributed by atoms with van der Waals surface area (Å²) < 4.78 is 5.71. The molecule has 0 spiro atoms. The molecule has 0 aliphatic heterocycles. The molecule has 0 heterocycles. The number of hydrogen-bond donors (Lipinski definition) is 1. The molecule has 0 aromatic carbocycles. The van der Waals surface area contributed by atoms with Crippen molar-refractivity contribution in [3.63, 3.8) is 0 Å². The third-order valence-corrected chi connectivity index (χ3v) is 10.1. The van der Waals surface area contributed by atoms with E-state index >= 15 is 0 Å². The maximum Gasteiger partial charge on any atom is 0.0608 e. The van der Waals surface area contributed by atoms with Crippen LogP contribution in [0.15, 0.2) is 24.3 Å². The number of ether oxygens (including phenoxy) is 1. The first-order chi connectivity index (χ1) is 12.8. The van der Waals surface area contributed by atoms with Gasteiger partial charge in [0.1, 0.15) is 0 Å². The predicted octanol–water partition coefficient (Wildman–Crippen LogP) is 5.91. The van der Waals surface area contributed by atoms with Crippen molar-refractivity contribution < 1.29 is 9.84 Å². The Balaban J connectivity index is 1.66. The molecule has 0 radical (unpaired) electrons. The molecule has 8 atom stereocenters. The summed E-state index contributed by atoms with van der Waals surface area (Å²) in [4.78, 5) is 0. The fraction of sp³-hybridized carbons (Fsp3) is 0.840. The van der Waals surface area contributed by atoms with Gasteiger partial charge in [0, 0.05) is 12.5 Å². The van der Waals surface area contributed by atoms with Gasteiger partial charge in [0.15, 0.2) is 0 Å². The fourth-order valence-corrected chi connectivity index (χ4v) is 8.45. The highest BCUT2D eigenvalue weighted by Crippen LogP contribution is 2.71. The van der Waals surface area contributed by atoms with Gasteiger partial charge in [0.05, 0.1) is 12.2 Å². The van der Waals surface area contributed by atoms with Gasteiger partial charge in [-0.25, -0.2) is 0 Å². The average Bonchev–Trinajstić information content (AvgIpc) is 2.95. The van der Waals surface area contributed by atoms with Crippen molar-refractivity contribution in [2.45, 2.75) is 90.8 Å². The Hall–Kier alpha value is -0.600. The fourth-order valence-electron chi connectivity index (χ4n) is 8.45. The Morgan fingerprint density at radius 1 is 1.22 bits per heavy atom. The molecule has 4 aliphatic rings. The quantitative estimate of drug-likeness (QED) is 0.622. The largest absolute Gasteiger partial charge is 0.393 e. The Morgan fingerprint density at radius 2 is 1.96 bits per heavy atom. The molecule has 0 aromatic rings. The standard InChI is InChI=1S/C25H40O2/c1-6-12-25(17(2)26)15-11-22-20-8-7-18-16-19(27-5)9-13-23(18,3)21(20)10-14-24(22,25)4/h6-7,17,19-22,26H,1,8-16H2,2-5H3/t17?,19?,20?,21?,22?,23-,24?,25+/m0/s1. The lowest BCUT2D eigenvalue weighted by atomic mass is 9.45. The van der Waals surface area contributed by atoms with Crippen molar-refractivity contribution in [3.05, 3.63) is 24.3 Å². The zero-order chi connectivity index (χ0) is 19.4. The van der Waals surface area contributed by atoms with Crippen LogP contribution in [0.5, 0.6) is 0 Å². The van der Waals surface area contributed by atoms with E-state index in [0.29, 0.717) is 11.5 Å². The average molecular weight is 373 g/mol. The molecule has 1 N–H and O–H groups in total. The molecular formula is C25H40O2. The maximum absolute atomic E-state index is 10.9. The van der Waals surface area contributed by atoms with Crippen molar-refractivity contribution in [3.8, 4) is 0 Å². The van der Waals surface area contributed by atoms with Crippen LogP contribution in [-0.2, 0) is 4.74 Å². The summed E-state index contributed by atoms with van der Waals surface area (Å²) in [6.07, 6.45) is 15.8. The van der Waals surface area contributed by atoms with E-state index in [1.54, 1.807) is 5.57 Å². The lowest BCUT2D eigenvalue weighted by Crippen LogP contribution is -2.54. The van der Waals surface area contributed by atoms with E-state index in [9.17, 15) is 5.11 Å². The van der Waals surface area contributed by atoms with Gasteiger partial charge in [-0.15, -0.1) is 6.58 Å². The van der Waals surface area contributed by atoms with Gasteiger partial charge in [-0.3, -0.25) is 0 Å². The molecule has 3 saturated carbocycles. The lowest BCUT2D eigenvalue weighted by Gasteiger charge is -2.60. The molecule has 0 aromatic heterocycles. The minimum atomic E-state index is -0.246. The number of hydrogen-bond acceptors (Lipinski definition) is 2. The summed E-state index contributed by atoms with van der Waals surface area (Å²) in [6.45, 7) is 11.2. The van der Waals surface area contributed by atoms with Crippen LogP contribution in [0.1, 0.15) is 78.6 Å². The molecule has 2 nitrogen and oxygen atoms in total. The minimum Gasteiger partial charge on any atom is -0.393 e. The van der Waals surface area contributed by atoms with Crippen molar-refractivity contribution in [2.24, 2.45) is 34.0 Å². The number of methoxy groups -OCH3 is 1. The van der Waals surface area contributed by atoms with E-state index < -0.39 is 0 Å². The summed E-state index contributed by atoms with van der Waals surface area (Å²) >= 11 is 0. The Morgan fingerprint density at radius 3 is 2.63 bits per heavy atom. The van der Waals surface area contributed by atoms with Crippen LogP contribution in [-0.4, -0.2) is 24.4 Å². The van der Waals surface area contributed by atoms with Crippen LogP contribution in [0.2, 0.25) is 0 Å². The van der Waals surface area contributed by atoms with E-state index in [-0.39, 0.29) is 16.9 Å². The van der Waals surface area contributed by atoms with Crippen LogP contribution >= 0.6 is 0 Å². The van der Waals surface area contributed by atoms with Crippen LogP contribution < -0.4 is 0 Å². The van der Waals surface area contributed by atoms with Gasteiger partial charge in [-0.05, 0) is 93.3 Å². The predicted molar refractivity (Wildman–Crippen MR) is 111 cm³/mol. The first kappa shape index (κ1) is 19.7. The van der Waals surface area contributed by atoms with Gasteiger partial charge in [-0.2, -0.15) is 0 Å². The first-order valence-corrected chi connectivity index (χ1v) is 11.3. The summed E-state index contributed by atoms with van der Waals surface area (Å²) in [5, 5.41) is 10.9. The van der Waals surface area contributed by atoms with Crippen LogP contribution in [0.25, 0.3) is 0 Å². The zero-order valence-electron chi connectivity index (χ0n) is 18.0. The zero-order valence-corrected chi connectivity index (χ0v) is 18.0. The second-order valence-corrected chi connectivity index (χ2v) is 10.7. The number of rotatable bonds is 4. The molecule has 6 unspecified atom stereocenters. The summed E-state index contributed by atoms with van der Waals surface area (Å²) in [7, 11) is 1.87. The number of allylic oxidation sites excluding steroid dienone is 2. The second-order valence-electron chi connectivity index (χ2n) is 10.7. The van der Waals surface area contributed by atoms with Crippen molar-refractivity contribution in [1.82, 2.24) is 0 Å². The van der Waals surface area contributed by atoms with E-state index in [0.717, 1.165) is 30.6 Å². The third-order valence-electron chi connectivity index (χ3n) is 10.1. The van der Waals surface area contributed by atoms with Crippen molar-refractivity contribution >= 4 is 0 Å². The minimum absolute atomic E-state index is 0.0307. The van der Waals surface area contributed by atoms with Crippen LogP contribution in [0, 0.1) is 34.0 Å². The molecule has 0 saturated heterocycles. The molecule has 0 amide bonds. The topological polar surface area (TPSA) is 29.5 Å². The summed E-state index contributed by atoms with van der Waals surface area (Å²) in [5.41, 5.74) is 2.36. The Bertz CT molecular complexity index is 622. The van der Waals surface area contributed by atoms with Gasteiger partial charge >= 0.3 is 0 Å². The monoisotopic (exact) mass is 372 g/mol. The Labute approximate surface area is 166 Å². The van der Waals surface area contributed by atoms with Gasteiger partial charge < -0.3 is 9.84 Å². The van der Waals surface area contributed by atoms with Crippen LogP contribution in [0.3, 0.4) is 0 Å². The SMILES string of the molecule is C=CC[C@]1(C(C)O)CCC2C3CC=C4CC(OC)CC[C@]4(C)C3CCC21C. The van der Waals surface area contributed by atoms with E-state index in [1.165, 1.54) is 44.9 Å². The van der Waals surface area contributed by atoms with Crippen LogP contribution in [0.4, 0.5) is 0 Å². The second kappa shape index (κ2) is 6.73.